The van der Waals surface area contributed by atoms with Gasteiger partial charge in [-0.2, -0.15) is 0 Å². The van der Waals surface area contributed by atoms with Crippen molar-refractivity contribution in [3.8, 4) is 5.88 Å². The molecule has 0 saturated carbocycles. The van der Waals surface area contributed by atoms with Gasteiger partial charge in [0.2, 0.25) is 5.88 Å². The van der Waals surface area contributed by atoms with Crippen LogP contribution in [0.4, 0.5) is 0 Å². The number of hydrogen-bond acceptors (Lipinski definition) is 4. The van der Waals surface area contributed by atoms with Crippen LogP contribution in [-0.2, 0) is 11.3 Å². The second-order valence-electron chi connectivity index (χ2n) is 3.84. The summed E-state index contributed by atoms with van der Waals surface area (Å²) in [4.78, 5) is 4.24. The van der Waals surface area contributed by atoms with Crippen molar-refractivity contribution >= 4 is 10.8 Å². The van der Waals surface area contributed by atoms with Gasteiger partial charge < -0.3 is 14.6 Å². The van der Waals surface area contributed by atoms with Crippen LogP contribution in [0.1, 0.15) is 12.5 Å². The Morgan fingerprint density at radius 3 is 2.67 bits per heavy atom. The summed E-state index contributed by atoms with van der Waals surface area (Å²) in [7, 11) is 0. The van der Waals surface area contributed by atoms with Gasteiger partial charge >= 0.3 is 0 Å². The number of hydrogen-bond donors (Lipinski definition) is 1. The van der Waals surface area contributed by atoms with Crippen molar-refractivity contribution < 1.29 is 14.6 Å². The summed E-state index contributed by atoms with van der Waals surface area (Å²) >= 11 is 0. The molecule has 1 aromatic carbocycles. The molecule has 4 heteroatoms. The molecular weight excluding hydrogens is 230 g/mol. The molecule has 0 aliphatic carbocycles. The van der Waals surface area contributed by atoms with Gasteiger partial charge in [0, 0.05) is 23.8 Å². The Hall–Kier alpha value is -1.65. The molecule has 1 aromatic heterocycles. The van der Waals surface area contributed by atoms with Crippen LogP contribution in [0.25, 0.3) is 10.8 Å². The highest BCUT2D eigenvalue weighted by atomic mass is 16.5. The molecule has 0 unspecified atom stereocenters. The third-order valence-corrected chi connectivity index (χ3v) is 2.68. The summed E-state index contributed by atoms with van der Waals surface area (Å²) in [6.07, 6.45) is 1.65. The summed E-state index contributed by atoms with van der Waals surface area (Å²) < 4.78 is 10.8. The standard InChI is InChI=1S/C14H17NO3/c1-2-17-7-8-18-14-13-6-4-3-5-12(13)11(10-16)9-15-14/h3-6,9,16H,2,7-8,10H2,1H3. The predicted molar refractivity (Wildman–Crippen MR) is 69.7 cm³/mol. The number of aliphatic hydroxyl groups excluding tert-OH is 1. The molecule has 1 N–H and O–H groups in total. The molecule has 0 atom stereocenters. The van der Waals surface area contributed by atoms with E-state index in [4.69, 9.17) is 9.47 Å². The predicted octanol–water partition coefficient (Wildman–Crippen LogP) is 2.14. The van der Waals surface area contributed by atoms with Crippen molar-refractivity contribution in [3.05, 3.63) is 36.0 Å². The SMILES string of the molecule is CCOCCOc1ncc(CO)c2ccccc12. The van der Waals surface area contributed by atoms with Crippen LogP contribution in [0.15, 0.2) is 30.5 Å². The first kappa shape index (κ1) is 12.8. The van der Waals surface area contributed by atoms with Gasteiger partial charge in [-0.1, -0.05) is 18.2 Å². The fourth-order valence-electron chi connectivity index (χ4n) is 1.81. The minimum atomic E-state index is -0.0211. The molecule has 96 valence electrons. The van der Waals surface area contributed by atoms with Gasteiger partial charge in [0.05, 0.1) is 13.2 Å². The molecule has 4 nitrogen and oxygen atoms in total. The van der Waals surface area contributed by atoms with Crippen LogP contribution in [-0.4, -0.2) is 29.9 Å². The maximum Gasteiger partial charge on any atom is 0.221 e. The topological polar surface area (TPSA) is 51.6 Å². The van der Waals surface area contributed by atoms with E-state index < -0.39 is 0 Å². The highest BCUT2D eigenvalue weighted by Crippen LogP contribution is 2.25. The number of ether oxygens (including phenoxy) is 2. The summed E-state index contributed by atoms with van der Waals surface area (Å²) in [6.45, 7) is 3.63. The molecule has 0 bridgehead atoms. The lowest BCUT2D eigenvalue weighted by molar-refractivity contribution is 0.109. The van der Waals surface area contributed by atoms with Crippen LogP contribution in [0.2, 0.25) is 0 Å². The third-order valence-electron chi connectivity index (χ3n) is 2.68. The highest BCUT2D eigenvalue weighted by Gasteiger charge is 2.07. The Morgan fingerprint density at radius 2 is 1.94 bits per heavy atom. The molecule has 0 saturated heterocycles. The largest absolute Gasteiger partial charge is 0.475 e. The van der Waals surface area contributed by atoms with E-state index in [0.29, 0.717) is 25.7 Å². The smallest absolute Gasteiger partial charge is 0.221 e. The zero-order valence-corrected chi connectivity index (χ0v) is 10.4. The van der Waals surface area contributed by atoms with Crippen LogP contribution in [0, 0.1) is 0 Å². The van der Waals surface area contributed by atoms with E-state index in [2.05, 4.69) is 4.98 Å². The lowest BCUT2D eigenvalue weighted by Crippen LogP contribution is -2.07. The quantitative estimate of drug-likeness (QED) is 0.795. The molecule has 2 rings (SSSR count). The molecule has 0 spiro atoms. The van der Waals surface area contributed by atoms with Gasteiger partial charge in [-0.15, -0.1) is 0 Å². The number of aromatic nitrogens is 1. The number of fused-ring (bicyclic) bond motifs is 1. The molecule has 0 aliphatic rings. The molecule has 0 fully saturated rings. The Morgan fingerprint density at radius 1 is 1.17 bits per heavy atom. The number of benzene rings is 1. The van der Waals surface area contributed by atoms with Crippen molar-refractivity contribution in [2.75, 3.05) is 19.8 Å². The minimum absolute atomic E-state index is 0.0211. The van der Waals surface area contributed by atoms with Gasteiger partial charge in [0.25, 0.3) is 0 Å². The first-order valence-electron chi connectivity index (χ1n) is 6.04. The van der Waals surface area contributed by atoms with Crippen molar-refractivity contribution in [2.24, 2.45) is 0 Å². The second kappa shape index (κ2) is 6.33. The lowest BCUT2D eigenvalue weighted by atomic mass is 10.1. The first-order chi connectivity index (χ1) is 8.86. The van der Waals surface area contributed by atoms with Crippen molar-refractivity contribution in [1.29, 1.82) is 0 Å². The second-order valence-corrected chi connectivity index (χ2v) is 3.84. The van der Waals surface area contributed by atoms with E-state index >= 15 is 0 Å². The Labute approximate surface area is 106 Å². The van der Waals surface area contributed by atoms with Crippen LogP contribution in [0.3, 0.4) is 0 Å². The first-order valence-corrected chi connectivity index (χ1v) is 6.04. The van der Waals surface area contributed by atoms with Gasteiger partial charge in [-0.25, -0.2) is 4.98 Å². The number of pyridine rings is 1. The van der Waals surface area contributed by atoms with E-state index in [1.807, 2.05) is 31.2 Å². The van der Waals surface area contributed by atoms with Crippen molar-refractivity contribution in [3.63, 3.8) is 0 Å². The van der Waals surface area contributed by atoms with E-state index in [-0.39, 0.29) is 6.61 Å². The van der Waals surface area contributed by atoms with Gasteiger partial charge in [0.15, 0.2) is 0 Å². The molecular formula is C14H17NO3. The fourth-order valence-corrected chi connectivity index (χ4v) is 1.81. The monoisotopic (exact) mass is 247 g/mol. The number of nitrogens with zero attached hydrogens (tertiary/aromatic N) is 1. The Bertz CT molecular complexity index is 513. The van der Waals surface area contributed by atoms with E-state index in [0.717, 1.165) is 16.3 Å². The van der Waals surface area contributed by atoms with Crippen LogP contribution in [0.5, 0.6) is 5.88 Å². The number of rotatable bonds is 6. The normalized spacial score (nSPS) is 10.8. The molecule has 0 aliphatic heterocycles. The molecule has 1 heterocycles. The molecule has 0 radical (unpaired) electrons. The van der Waals surface area contributed by atoms with Gasteiger partial charge in [-0.05, 0) is 18.4 Å². The maximum atomic E-state index is 9.27. The molecule has 18 heavy (non-hydrogen) atoms. The summed E-state index contributed by atoms with van der Waals surface area (Å²) in [6, 6.07) is 7.77. The lowest BCUT2D eigenvalue weighted by Gasteiger charge is -2.10. The van der Waals surface area contributed by atoms with Gasteiger partial charge in [-0.3, -0.25) is 0 Å². The van der Waals surface area contributed by atoms with E-state index in [9.17, 15) is 5.11 Å². The summed E-state index contributed by atoms with van der Waals surface area (Å²) in [5.74, 6) is 0.586. The molecule has 0 amide bonds. The highest BCUT2D eigenvalue weighted by molar-refractivity contribution is 5.89. The zero-order chi connectivity index (χ0) is 12.8. The van der Waals surface area contributed by atoms with Crippen LogP contribution < -0.4 is 4.74 Å². The van der Waals surface area contributed by atoms with Crippen molar-refractivity contribution in [2.45, 2.75) is 13.5 Å². The van der Waals surface area contributed by atoms with Crippen molar-refractivity contribution in [1.82, 2.24) is 4.98 Å². The average Bonchev–Trinajstić information content (AvgIpc) is 2.43. The number of aliphatic hydroxyl groups is 1. The average molecular weight is 247 g/mol. The Kier molecular flexibility index (Phi) is 4.50. The summed E-state index contributed by atoms with van der Waals surface area (Å²) in [5, 5.41) is 11.2. The maximum absolute atomic E-state index is 9.27. The minimum Gasteiger partial charge on any atom is -0.475 e. The fraction of sp³-hybridized carbons (Fsp3) is 0.357. The van der Waals surface area contributed by atoms with E-state index in [1.54, 1.807) is 6.20 Å². The van der Waals surface area contributed by atoms with E-state index in [1.165, 1.54) is 0 Å². The Balaban J connectivity index is 2.23. The van der Waals surface area contributed by atoms with Crippen LogP contribution >= 0.6 is 0 Å². The van der Waals surface area contributed by atoms with Gasteiger partial charge in [0.1, 0.15) is 6.61 Å². The zero-order valence-electron chi connectivity index (χ0n) is 10.4. The third kappa shape index (κ3) is 2.78. The molecule has 2 aromatic rings. The summed E-state index contributed by atoms with van der Waals surface area (Å²) in [5.41, 5.74) is 0.808.